The lowest BCUT2D eigenvalue weighted by atomic mass is 9.76. The summed E-state index contributed by atoms with van der Waals surface area (Å²) in [5.41, 5.74) is 0.762. The monoisotopic (exact) mass is 400 g/mol. The van der Waals surface area contributed by atoms with Crippen molar-refractivity contribution in [3.05, 3.63) is 52.8 Å². The number of hydrogen-bond donors (Lipinski definition) is 1. The lowest BCUT2D eigenvalue weighted by Crippen LogP contribution is -2.41. The third-order valence-electron chi connectivity index (χ3n) is 5.86. The van der Waals surface area contributed by atoms with Gasteiger partial charge in [-0.25, -0.2) is 4.39 Å². The van der Waals surface area contributed by atoms with Crippen LogP contribution in [0.3, 0.4) is 0 Å². The molecule has 1 fully saturated rings. The molecule has 0 radical (unpaired) electrons. The summed E-state index contributed by atoms with van der Waals surface area (Å²) >= 11 is 0. The molecule has 0 bridgehead atoms. The van der Waals surface area contributed by atoms with Crippen molar-refractivity contribution in [3.63, 3.8) is 0 Å². The highest BCUT2D eigenvalue weighted by molar-refractivity contribution is 6.63. The van der Waals surface area contributed by atoms with E-state index in [1.165, 1.54) is 12.1 Å². The first-order chi connectivity index (χ1) is 13.2. The fraction of sp³-hybridized carbons (Fsp3) is 0.478. The Kier molecular flexibility index (Phi) is 5.35. The molecular weight excluding hydrogens is 370 g/mol. The lowest BCUT2D eigenvalue weighted by Gasteiger charge is -2.32. The Morgan fingerprint density at radius 1 is 0.966 bits per heavy atom. The Morgan fingerprint density at radius 3 is 1.97 bits per heavy atom. The normalized spacial score (nSPS) is 18.2. The van der Waals surface area contributed by atoms with Crippen molar-refractivity contribution >= 4 is 12.6 Å². The van der Waals surface area contributed by atoms with Gasteiger partial charge < -0.3 is 19.2 Å². The Hall–Kier alpha value is -1.89. The van der Waals surface area contributed by atoms with E-state index in [0.717, 1.165) is 5.56 Å². The predicted molar refractivity (Wildman–Crippen MR) is 113 cm³/mol. The Labute approximate surface area is 173 Å². The summed E-state index contributed by atoms with van der Waals surface area (Å²) in [7, 11) is -0.654. The molecule has 1 N–H and O–H groups in total. The quantitative estimate of drug-likeness (QED) is 0.752. The van der Waals surface area contributed by atoms with E-state index in [-0.39, 0.29) is 5.82 Å². The maximum Gasteiger partial charge on any atom is 0.498 e. The highest BCUT2D eigenvalue weighted by atomic mass is 19.1. The molecule has 29 heavy (non-hydrogen) atoms. The standard InChI is InChI=1S/C23H30BFO4/c1-14-11-17(25)12-15(2)20(14)27-19-10-9-16(21(3,4)26)13-18(19)24-28-22(5,6)23(7,8)29-24/h9-13,26H,1-8H3. The van der Waals surface area contributed by atoms with Gasteiger partial charge in [-0.2, -0.15) is 0 Å². The topological polar surface area (TPSA) is 47.9 Å². The van der Waals surface area contributed by atoms with Crippen molar-refractivity contribution in [2.75, 3.05) is 0 Å². The van der Waals surface area contributed by atoms with Crippen LogP contribution in [0.5, 0.6) is 11.5 Å². The summed E-state index contributed by atoms with van der Waals surface area (Å²) in [5.74, 6) is 0.852. The highest BCUT2D eigenvalue weighted by Crippen LogP contribution is 2.38. The largest absolute Gasteiger partial charge is 0.498 e. The minimum absolute atomic E-state index is 0.295. The highest BCUT2D eigenvalue weighted by Gasteiger charge is 2.52. The number of hydrogen-bond acceptors (Lipinski definition) is 4. The molecular formula is C23H30BFO4. The first-order valence-electron chi connectivity index (χ1n) is 9.88. The third kappa shape index (κ3) is 4.20. The Bertz CT molecular complexity index is 892. The van der Waals surface area contributed by atoms with Crippen LogP contribution in [0.1, 0.15) is 58.2 Å². The van der Waals surface area contributed by atoms with E-state index >= 15 is 0 Å². The first kappa shape index (κ1) is 21.8. The van der Waals surface area contributed by atoms with Gasteiger partial charge in [0.15, 0.2) is 0 Å². The zero-order chi connectivity index (χ0) is 21.8. The smallest absolute Gasteiger partial charge is 0.457 e. The molecule has 3 rings (SSSR count). The second-order valence-electron chi connectivity index (χ2n) is 9.37. The van der Waals surface area contributed by atoms with Crippen LogP contribution in [0, 0.1) is 19.7 Å². The molecule has 1 aliphatic heterocycles. The molecule has 0 aromatic heterocycles. The van der Waals surface area contributed by atoms with Crippen LogP contribution in [0.2, 0.25) is 0 Å². The van der Waals surface area contributed by atoms with Crippen molar-refractivity contribution in [2.45, 2.75) is 72.2 Å². The molecule has 4 nitrogen and oxygen atoms in total. The summed E-state index contributed by atoms with van der Waals surface area (Å²) < 4.78 is 32.4. The van der Waals surface area contributed by atoms with E-state index in [4.69, 9.17) is 14.0 Å². The van der Waals surface area contributed by atoms with Crippen molar-refractivity contribution in [1.82, 2.24) is 0 Å². The van der Waals surface area contributed by atoms with Crippen molar-refractivity contribution in [3.8, 4) is 11.5 Å². The summed E-state index contributed by atoms with van der Waals surface area (Å²) in [6.07, 6.45) is 0. The van der Waals surface area contributed by atoms with E-state index in [1.807, 2.05) is 53.7 Å². The number of aryl methyl sites for hydroxylation is 2. The van der Waals surface area contributed by atoms with Crippen LogP contribution < -0.4 is 10.2 Å². The Morgan fingerprint density at radius 2 is 1.48 bits per heavy atom. The van der Waals surface area contributed by atoms with Gasteiger partial charge in [-0.3, -0.25) is 0 Å². The molecule has 0 aliphatic carbocycles. The van der Waals surface area contributed by atoms with E-state index in [0.29, 0.717) is 28.1 Å². The number of halogens is 1. The van der Waals surface area contributed by atoms with Crippen LogP contribution in [-0.2, 0) is 14.9 Å². The van der Waals surface area contributed by atoms with Crippen molar-refractivity contribution < 1.29 is 23.5 Å². The van der Waals surface area contributed by atoms with Gasteiger partial charge in [0.1, 0.15) is 17.3 Å². The van der Waals surface area contributed by atoms with Crippen LogP contribution in [0.15, 0.2) is 30.3 Å². The first-order valence-corrected chi connectivity index (χ1v) is 9.88. The fourth-order valence-electron chi connectivity index (χ4n) is 3.34. The average Bonchev–Trinajstić information content (AvgIpc) is 2.77. The molecule has 156 valence electrons. The molecule has 0 saturated carbocycles. The van der Waals surface area contributed by atoms with Crippen LogP contribution in [0.4, 0.5) is 4.39 Å². The van der Waals surface area contributed by atoms with Crippen molar-refractivity contribution in [1.29, 1.82) is 0 Å². The molecule has 2 aromatic carbocycles. The minimum atomic E-state index is -1.03. The number of ether oxygens (including phenoxy) is 1. The molecule has 0 unspecified atom stereocenters. The maximum atomic E-state index is 13.7. The number of aliphatic hydroxyl groups is 1. The lowest BCUT2D eigenvalue weighted by molar-refractivity contribution is 0.00578. The third-order valence-corrected chi connectivity index (χ3v) is 5.86. The predicted octanol–water partition coefficient (Wildman–Crippen LogP) is 4.76. The Balaban J connectivity index is 2.09. The zero-order valence-corrected chi connectivity index (χ0v) is 18.5. The molecule has 6 heteroatoms. The molecule has 1 saturated heterocycles. The van der Waals surface area contributed by atoms with E-state index in [9.17, 15) is 9.50 Å². The van der Waals surface area contributed by atoms with Gasteiger partial charge in [-0.05, 0) is 90.3 Å². The SMILES string of the molecule is Cc1cc(F)cc(C)c1Oc1ccc(C(C)(C)O)cc1B1OC(C)(C)C(C)(C)O1. The van der Waals surface area contributed by atoms with Gasteiger partial charge in [0.25, 0.3) is 0 Å². The summed E-state index contributed by atoms with van der Waals surface area (Å²) in [6.45, 7) is 15.0. The van der Waals surface area contributed by atoms with E-state index < -0.39 is 23.9 Å². The summed E-state index contributed by atoms with van der Waals surface area (Å²) in [4.78, 5) is 0. The summed E-state index contributed by atoms with van der Waals surface area (Å²) in [5, 5.41) is 10.5. The van der Waals surface area contributed by atoms with Gasteiger partial charge in [0.2, 0.25) is 0 Å². The minimum Gasteiger partial charge on any atom is -0.457 e. The molecule has 0 spiro atoms. The van der Waals surface area contributed by atoms with Crippen LogP contribution >= 0.6 is 0 Å². The van der Waals surface area contributed by atoms with Gasteiger partial charge >= 0.3 is 7.12 Å². The van der Waals surface area contributed by atoms with Gasteiger partial charge in [0.05, 0.1) is 16.8 Å². The van der Waals surface area contributed by atoms with Crippen molar-refractivity contribution in [2.24, 2.45) is 0 Å². The molecule has 2 aromatic rings. The van der Waals surface area contributed by atoms with Gasteiger partial charge in [0, 0.05) is 5.46 Å². The number of rotatable bonds is 4. The summed E-state index contributed by atoms with van der Waals surface area (Å²) in [6, 6.07) is 8.36. The maximum absolute atomic E-state index is 13.7. The van der Waals surface area contributed by atoms with Crippen LogP contribution in [-0.4, -0.2) is 23.4 Å². The van der Waals surface area contributed by atoms with E-state index in [2.05, 4.69) is 0 Å². The molecule has 1 heterocycles. The average molecular weight is 400 g/mol. The number of benzene rings is 2. The van der Waals surface area contributed by atoms with Crippen LogP contribution in [0.25, 0.3) is 0 Å². The zero-order valence-electron chi connectivity index (χ0n) is 18.5. The van der Waals surface area contributed by atoms with Gasteiger partial charge in [-0.1, -0.05) is 12.1 Å². The molecule has 0 amide bonds. The fourth-order valence-corrected chi connectivity index (χ4v) is 3.34. The van der Waals surface area contributed by atoms with Gasteiger partial charge in [-0.15, -0.1) is 0 Å². The molecule has 1 aliphatic rings. The second-order valence-corrected chi connectivity index (χ2v) is 9.37. The second kappa shape index (κ2) is 7.12. The van der Waals surface area contributed by atoms with E-state index in [1.54, 1.807) is 19.9 Å². The molecule has 0 atom stereocenters.